The van der Waals surface area contributed by atoms with E-state index in [1.54, 1.807) is 0 Å². The van der Waals surface area contributed by atoms with Gasteiger partial charge in [0.05, 0.1) is 16.6 Å². The highest BCUT2D eigenvalue weighted by atomic mass is 32.1. The molecule has 0 unspecified atom stereocenters. The molecule has 0 spiro atoms. The number of thiophene rings is 1. The van der Waals surface area contributed by atoms with Crippen molar-refractivity contribution < 1.29 is 0 Å². The first kappa shape index (κ1) is 21.2. The molecule has 0 radical (unpaired) electrons. The summed E-state index contributed by atoms with van der Waals surface area (Å²) < 4.78 is 4.62. The van der Waals surface area contributed by atoms with Crippen LogP contribution < -0.4 is 0 Å². The van der Waals surface area contributed by atoms with Gasteiger partial charge in [0.15, 0.2) is 11.6 Å². The van der Waals surface area contributed by atoms with Gasteiger partial charge in [-0.3, -0.25) is 9.55 Å². The molecule has 0 aliphatic rings. The van der Waals surface area contributed by atoms with E-state index in [0.29, 0.717) is 17.6 Å². The van der Waals surface area contributed by atoms with Crippen LogP contribution >= 0.6 is 11.3 Å². The molecule has 0 bridgehead atoms. The Balaban J connectivity index is 1.49. The molecule has 0 aliphatic heterocycles. The molecule has 0 N–H and O–H groups in total. The van der Waals surface area contributed by atoms with E-state index in [-0.39, 0.29) is 0 Å². The zero-order chi connectivity index (χ0) is 25.1. The zero-order valence-electron chi connectivity index (χ0n) is 20.1. The van der Waals surface area contributed by atoms with Crippen molar-refractivity contribution in [2.24, 2.45) is 0 Å². The van der Waals surface area contributed by atoms with Gasteiger partial charge in [0, 0.05) is 42.9 Å². The van der Waals surface area contributed by atoms with Gasteiger partial charge in [0.1, 0.15) is 0 Å². The van der Waals surface area contributed by atoms with Gasteiger partial charge in [-0.05, 0) is 24.3 Å². The van der Waals surface area contributed by atoms with Gasteiger partial charge in [-0.1, -0.05) is 84.9 Å². The van der Waals surface area contributed by atoms with Crippen molar-refractivity contribution in [2.45, 2.75) is 0 Å². The van der Waals surface area contributed by atoms with Crippen molar-refractivity contribution in [1.82, 2.24) is 24.5 Å². The van der Waals surface area contributed by atoms with Gasteiger partial charge in [0.25, 0.3) is 0 Å². The van der Waals surface area contributed by atoms with Crippen molar-refractivity contribution in [3.8, 4) is 28.7 Å². The number of benzene rings is 4. The van der Waals surface area contributed by atoms with Gasteiger partial charge in [-0.2, -0.15) is 9.97 Å². The van der Waals surface area contributed by atoms with Gasteiger partial charge in [-0.25, -0.2) is 4.98 Å². The van der Waals surface area contributed by atoms with Crippen molar-refractivity contribution in [1.29, 1.82) is 0 Å². The monoisotopic (exact) mass is 505 g/mol. The van der Waals surface area contributed by atoms with E-state index in [2.05, 4.69) is 47.0 Å². The summed E-state index contributed by atoms with van der Waals surface area (Å²) in [6, 6.07) is 37.1. The second kappa shape index (κ2) is 8.30. The number of nitrogens with zero attached hydrogens (tertiary/aromatic N) is 5. The Hall–Kier alpha value is -4.94. The molecule has 38 heavy (non-hydrogen) atoms. The lowest BCUT2D eigenvalue weighted by atomic mass is 10.1. The zero-order valence-corrected chi connectivity index (χ0v) is 20.9. The van der Waals surface area contributed by atoms with E-state index in [1.807, 2.05) is 84.3 Å². The summed E-state index contributed by atoms with van der Waals surface area (Å²) in [7, 11) is 0. The molecule has 0 atom stereocenters. The van der Waals surface area contributed by atoms with Crippen molar-refractivity contribution >= 4 is 53.4 Å². The number of rotatable bonds is 3. The van der Waals surface area contributed by atoms with Crippen LogP contribution in [-0.2, 0) is 0 Å². The minimum atomic E-state index is 0.575. The lowest BCUT2D eigenvalue weighted by molar-refractivity contribution is 0.953. The second-order valence-corrected chi connectivity index (χ2v) is 10.2. The molecule has 0 saturated carbocycles. The minimum absolute atomic E-state index is 0.575. The van der Waals surface area contributed by atoms with E-state index in [4.69, 9.17) is 19.9 Å². The standard InChI is InChI=1S/C32H19N5S/c1-3-10-20(11-4-1)30-34-31(21-12-5-2-6-13-21)36-32(35-30)37-24-18-17-23-22-14-7-8-16-26(22)38-29(23)27(24)28-25(37)15-9-19-33-28/h1-19H. The Kier molecular flexibility index (Phi) is 4.62. The Morgan fingerprint density at radius 1 is 0.553 bits per heavy atom. The third-order valence-electron chi connectivity index (χ3n) is 6.92. The molecule has 4 aromatic heterocycles. The Labute approximate surface area is 221 Å². The van der Waals surface area contributed by atoms with Crippen LogP contribution in [0.4, 0.5) is 0 Å². The SMILES string of the molecule is c1ccc(-c2nc(-c3ccccc3)nc(-n3c4cccnc4c4c5sc6ccccc6c5ccc43)n2)cc1. The van der Waals surface area contributed by atoms with E-state index >= 15 is 0 Å². The molecule has 5 nitrogen and oxygen atoms in total. The predicted molar refractivity (Wildman–Crippen MR) is 156 cm³/mol. The summed E-state index contributed by atoms with van der Waals surface area (Å²) in [6.07, 6.45) is 1.86. The van der Waals surface area contributed by atoms with Gasteiger partial charge >= 0.3 is 0 Å². The number of pyridine rings is 1. The molecular formula is C32H19N5S. The normalized spacial score (nSPS) is 11.7. The fourth-order valence-electron chi connectivity index (χ4n) is 5.21. The molecule has 178 valence electrons. The smallest absolute Gasteiger partial charge is 0.238 e. The lowest BCUT2D eigenvalue weighted by Crippen LogP contribution is -2.06. The molecule has 8 aromatic rings. The fourth-order valence-corrected chi connectivity index (χ4v) is 6.45. The predicted octanol–water partition coefficient (Wildman–Crippen LogP) is 8.07. The third kappa shape index (κ3) is 3.17. The van der Waals surface area contributed by atoms with Gasteiger partial charge in [-0.15, -0.1) is 11.3 Å². The first-order chi connectivity index (χ1) is 18.8. The van der Waals surface area contributed by atoms with Crippen molar-refractivity contribution in [3.63, 3.8) is 0 Å². The first-order valence-electron chi connectivity index (χ1n) is 12.4. The number of aromatic nitrogens is 5. The van der Waals surface area contributed by atoms with Crippen molar-refractivity contribution in [3.05, 3.63) is 115 Å². The van der Waals surface area contributed by atoms with Crippen LogP contribution in [0.2, 0.25) is 0 Å². The largest absolute Gasteiger partial charge is 0.276 e. The van der Waals surface area contributed by atoms with Crippen LogP contribution in [0.3, 0.4) is 0 Å². The maximum Gasteiger partial charge on any atom is 0.238 e. The lowest BCUT2D eigenvalue weighted by Gasteiger charge is -2.10. The van der Waals surface area contributed by atoms with E-state index in [0.717, 1.165) is 33.1 Å². The first-order valence-corrected chi connectivity index (χ1v) is 13.2. The van der Waals surface area contributed by atoms with Crippen LogP contribution in [0.25, 0.3) is 70.8 Å². The van der Waals surface area contributed by atoms with Crippen LogP contribution in [0.5, 0.6) is 0 Å². The van der Waals surface area contributed by atoms with Crippen LogP contribution in [-0.4, -0.2) is 24.5 Å². The molecular weight excluding hydrogens is 486 g/mol. The maximum atomic E-state index is 5.01. The van der Waals surface area contributed by atoms with Crippen LogP contribution in [0, 0.1) is 0 Å². The van der Waals surface area contributed by atoms with E-state index < -0.39 is 0 Å². The Bertz CT molecular complexity index is 2070. The molecule has 4 aromatic carbocycles. The van der Waals surface area contributed by atoms with E-state index in [9.17, 15) is 0 Å². The molecule has 6 heteroatoms. The highest BCUT2D eigenvalue weighted by molar-refractivity contribution is 7.26. The summed E-state index contributed by atoms with van der Waals surface area (Å²) in [6.45, 7) is 0. The average molecular weight is 506 g/mol. The molecule has 4 heterocycles. The van der Waals surface area contributed by atoms with Gasteiger partial charge in [0.2, 0.25) is 5.95 Å². The summed E-state index contributed by atoms with van der Waals surface area (Å²) in [5, 5.41) is 3.64. The topological polar surface area (TPSA) is 56.5 Å². The summed E-state index contributed by atoms with van der Waals surface area (Å²) in [5.74, 6) is 1.85. The number of hydrogen-bond donors (Lipinski definition) is 0. The molecule has 8 rings (SSSR count). The van der Waals surface area contributed by atoms with Crippen LogP contribution in [0.1, 0.15) is 0 Å². The third-order valence-corrected chi connectivity index (χ3v) is 8.12. The number of hydrogen-bond acceptors (Lipinski definition) is 5. The maximum absolute atomic E-state index is 5.01. The second-order valence-electron chi connectivity index (χ2n) is 9.16. The molecule has 0 saturated heterocycles. The van der Waals surface area contributed by atoms with Crippen LogP contribution in [0.15, 0.2) is 115 Å². The summed E-state index contributed by atoms with van der Waals surface area (Å²) in [5.41, 5.74) is 4.83. The highest BCUT2D eigenvalue weighted by Gasteiger charge is 2.21. The Morgan fingerprint density at radius 3 is 1.97 bits per heavy atom. The number of fused-ring (bicyclic) bond motifs is 7. The summed E-state index contributed by atoms with van der Waals surface area (Å²) >= 11 is 1.81. The molecule has 0 aliphatic carbocycles. The quantitative estimate of drug-likeness (QED) is 0.244. The molecule has 0 fully saturated rings. The highest BCUT2D eigenvalue weighted by Crippen LogP contribution is 2.42. The Morgan fingerprint density at radius 2 is 1.24 bits per heavy atom. The van der Waals surface area contributed by atoms with Gasteiger partial charge < -0.3 is 0 Å². The fraction of sp³-hybridized carbons (Fsp3) is 0. The average Bonchev–Trinajstić information content (AvgIpc) is 3.53. The van der Waals surface area contributed by atoms with E-state index in [1.165, 1.54) is 20.2 Å². The molecule has 0 amide bonds. The minimum Gasteiger partial charge on any atom is -0.276 e. The summed E-state index contributed by atoms with van der Waals surface area (Å²) in [4.78, 5) is 19.7. The van der Waals surface area contributed by atoms with Crippen molar-refractivity contribution in [2.75, 3.05) is 0 Å².